The van der Waals surface area contributed by atoms with E-state index in [2.05, 4.69) is 14.8 Å². The molecule has 0 saturated carbocycles. The topological polar surface area (TPSA) is 76.9 Å². The van der Waals surface area contributed by atoms with Gasteiger partial charge in [-0.2, -0.15) is 5.10 Å². The summed E-state index contributed by atoms with van der Waals surface area (Å²) in [5.41, 5.74) is 0.146. The van der Waals surface area contributed by atoms with Crippen molar-refractivity contribution >= 4 is 10.0 Å². The fraction of sp³-hybridized carbons (Fsp3) is 0.333. The van der Waals surface area contributed by atoms with Gasteiger partial charge in [-0.25, -0.2) is 22.5 Å². The first-order valence-electron chi connectivity index (χ1n) is 6.02. The van der Waals surface area contributed by atoms with E-state index >= 15 is 0 Å². The molecule has 6 nitrogen and oxygen atoms in total. The Morgan fingerprint density at radius 2 is 2.15 bits per heavy atom. The van der Waals surface area contributed by atoms with Crippen molar-refractivity contribution in [3.63, 3.8) is 0 Å². The van der Waals surface area contributed by atoms with Crippen molar-refractivity contribution in [2.24, 2.45) is 0 Å². The maximum Gasteiger partial charge on any atom is 0.216 e. The maximum absolute atomic E-state index is 13.4. The van der Waals surface area contributed by atoms with E-state index in [-0.39, 0.29) is 17.4 Å². The van der Waals surface area contributed by atoms with Gasteiger partial charge in [0, 0.05) is 11.6 Å². The minimum Gasteiger partial charge on any atom is -0.251 e. The molecule has 20 heavy (non-hydrogen) atoms. The van der Waals surface area contributed by atoms with Crippen LogP contribution in [0.3, 0.4) is 0 Å². The Labute approximate surface area is 116 Å². The first kappa shape index (κ1) is 14.6. The molecule has 0 unspecified atom stereocenters. The average molecular weight is 298 g/mol. The molecule has 1 aromatic carbocycles. The molecule has 1 aromatic heterocycles. The highest BCUT2D eigenvalue weighted by Gasteiger charge is 2.17. The summed E-state index contributed by atoms with van der Waals surface area (Å²) in [7, 11) is -3.61. The van der Waals surface area contributed by atoms with Crippen LogP contribution in [0, 0.1) is 5.82 Å². The van der Waals surface area contributed by atoms with Crippen LogP contribution in [0.5, 0.6) is 0 Å². The van der Waals surface area contributed by atoms with Crippen molar-refractivity contribution in [2.45, 2.75) is 25.3 Å². The predicted octanol–water partition coefficient (Wildman–Crippen LogP) is 0.925. The van der Waals surface area contributed by atoms with Crippen molar-refractivity contribution in [1.29, 1.82) is 0 Å². The van der Waals surface area contributed by atoms with Crippen LogP contribution >= 0.6 is 0 Å². The number of nitrogens with one attached hydrogen (secondary N) is 1. The van der Waals surface area contributed by atoms with Crippen molar-refractivity contribution in [2.75, 3.05) is 0 Å². The molecule has 0 aliphatic carbocycles. The van der Waals surface area contributed by atoms with Gasteiger partial charge >= 0.3 is 0 Å². The van der Waals surface area contributed by atoms with Crippen LogP contribution in [-0.4, -0.2) is 29.2 Å². The summed E-state index contributed by atoms with van der Waals surface area (Å²) in [6.45, 7) is 2.07. The Morgan fingerprint density at radius 3 is 2.80 bits per heavy atom. The molecule has 2 rings (SSSR count). The number of rotatable bonds is 6. The van der Waals surface area contributed by atoms with E-state index in [4.69, 9.17) is 0 Å². The summed E-state index contributed by atoms with van der Waals surface area (Å²) in [5, 5.41) is 3.90. The lowest BCUT2D eigenvalue weighted by atomic mass is 10.2. The smallest absolute Gasteiger partial charge is 0.216 e. The standard InChI is InChI=1S/C12H15FN4O2S/c1-10(6-17-9-14-8-15-17)16-20(18,19)7-11-4-2-3-5-12(11)13/h2-5,8-10,16H,6-7H2,1H3/t10-/m0/s1. The van der Waals surface area contributed by atoms with Crippen molar-refractivity contribution in [3.8, 4) is 0 Å². The monoisotopic (exact) mass is 298 g/mol. The summed E-state index contributed by atoms with van der Waals surface area (Å²) < 4.78 is 41.4. The fourth-order valence-corrected chi connectivity index (χ4v) is 3.23. The molecular weight excluding hydrogens is 283 g/mol. The largest absolute Gasteiger partial charge is 0.251 e. The summed E-state index contributed by atoms with van der Waals surface area (Å²) >= 11 is 0. The molecule has 0 fully saturated rings. The van der Waals surface area contributed by atoms with E-state index in [1.54, 1.807) is 13.0 Å². The van der Waals surface area contributed by atoms with Gasteiger partial charge in [-0.05, 0) is 13.0 Å². The molecule has 108 valence electrons. The van der Waals surface area contributed by atoms with E-state index in [1.165, 1.54) is 35.5 Å². The Balaban J connectivity index is 1.99. The van der Waals surface area contributed by atoms with Crippen molar-refractivity contribution in [3.05, 3.63) is 48.3 Å². The van der Waals surface area contributed by atoms with Gasteiger partial charge in [0.2, 0.25) is 10.0 Å². The van der Waals surface area contributed by atoms with E-state index in [0.29, 0.717) is 6.54 Å². The van der Waals surface area contributed by atoms with Crippen molar-refractivity contribution in [1.82, 2.24) is 19.5 Å². The van der Waals surface area contributed by atoms with E-state index in [1.807, 2.05) is 0 Å². The quantitative estimate of drug-likeness (QED) is 0.860. The second kappa shape index (κ2) is 6.10. The van der Waals surface area contributed by atoms with Crippen LogP contribution in [-0.2, 0) is 22.3 Å². The molecule has 8 heteroatoms. The van der Waals surface area contributed by atoms with E-state index < -0.39 is 15.8 Å². The SMILES string of the molecule is C[C@@H](Cn1cncn1)NS(=O)(=O)Cc1ccccc1F. The van der Waals surface area contributed by atoms with Gasteiger partial charge in [-0.3, -0.25) is 4.68 Å². The maximum atomic E-state index is 13.4. The molecule has 1 atom stereocenters. The third-order valence-corrected chi connectivity index (χ3v) is 4.06. The second-order valence-electron chi connectivity index (χ2n) is 4.49. The first-order chi connectivity index (χ1) is 9.46. The zero-order valence-electron chi connectivity index (χ0n) is 10.9. The third kappa shape index (κ3) is 4.10. The van der Waals surface area contributed by atoms with E-state index in [9.17, 15) is 12.8 Å². The Bertz CT molecular complexity index is 658. The Morgan fingerprint density at radius 1 is 1.40 bits per heavy atom. The highest BCUT2D eigenvalue weighted by atomic mass is 32.2. The summed E-state index contributed by atoms with van der Waals surface area (Å²) in [6.07, 6.45) is 2.88. The molecule has 0 bridgehead atoms. The number of hydrogen-bond acceptors (Lipinski definition) is 4. The Kier molecular flexibility index (Phi) is 4.46. The minimum atomic E-state index is -3.61. The third-order valence-electron chi connectivity index (χ3n) is 2.61. The van der Waals surface area contributed by atoms with Gasteiger partial charge in [-0.1, -0.05) is 18.2 Å². The molecule has 2 aromatic rings. The molecule has 0 aliphatic rings. The van der Waals surface area contributed by atoms with Gasteiger partial charge in [0.15, 0.2) is 0 Å². The number of nitrogens with zero attached hydrogens (tertiary/aromatic N) is 3. The van der Waals surface area contributed by atoms with Crippen LogP contribution < -0.4 is 4.72 Å². The van der Waals surface area contributed by atoms with Gasteiger partial charge in [0.05, 0.1) is 12.3 Å². The zero-order chi connectivity index (χ0) is 14.6. The molecule has 0 amide bonds. The highest BCUT2D eigenvalue weighted by Crippen LogP contribution is 2.10. The molecule has 0 saturated heterocycles. The predicted molar refractivity (Wildman–Crippen MR) is 71.6 cm³/mol. The van der Waals surface area contributed by atoms with Crippen LogP contribution in [0.15, 0.2) is 36.9 Å². The summed E-state index contributed by atoms with van der Waals surface area (Å²) in [4.78, 5) is 3.78. The minimum absolute atomic E-state index is 0.146. The van der Waals surface area contributed by atoms with Crippen LogP contribution in [0.1, 0.15) is 12.5 Å². The van der Waals surface area contributed by atoms with E-state index in [0.717, 1.165) is 0 Å². The summed E-state index contributed by atoms with van der Waals surface area (Å²) in [6, 6.07) is 5.45. The highest BCUT2D eigenvalue weighted by molar-refractivity contribution is 7.88. The van der Waals surface area contributed by atoms with Crippen LogP contribution in [0.4, 0.5) is 4.39 Å². The van der Waals surface area contributed by atoms with Gasteiger partial charge in [0.1, 0.15) is 18.5 Å². The number of hydrogen-bond donors (Lipinski definition) is 1. The lowest BCUT2D eigenvalue weighted by molar-refractivity contribution is 0.492. The molecule has 1 heterocycles. The van der Waals surface area contributed by atoms with Gasteiger partial charge in [0.25, 0.3) is 0 Å². The number of halogens is 1. The number of benzene rings is 1. The molecule has 0 radical (unpaired) electrons. The Hall–Kier alpha value is -1.80. The van der Waals surface area contributed by atoms with Crippen molar-refractivity contribution < 1.29 is 12.8 Å². The van der Waals surface area contributed by atoms with Crippen LogP contribution in [0.2, 0.25) is 0 Å². The normalized spacial score (nSPS) is 13.3. The molecule has 0 spiro atoms. The lowest BCUT2D eigenvalue weighted by Gasteiger charge is -2.14. The first-order valence-corrected chi connectivity index (χ1v) is 7.67. The van der Waals surface area contributed by atoms with Gasteiger partial charge < -0.3 is 0 Å². The number of sulfonamides is 1. The lowest BCUT2D eigenvalue weighted by Crippen LogP contribution is -2.36. The second-order valence-corrected chi connectivity index (χ2v) is 6.24. The van der Waals surface area contributed by atoms with Gasteiger partial charge in [-0.15, -0.1) is 0 Å². The molecule has 0 aliphatic heterocycles. The van der Waals surface area contributed by atoms with Crippen LogP contribution in [0.25, 0.3) is 0 Å². The number of aromatic nitrogens is 3. The summed E-state index contributed by atoms with van der Waals surface area (Å²) in [5.74, 6) is -0.914. The fourth-order valence-electron chi connectivity index (χ4n) is 1.81. The zero-order valence-corrected chi connectivity index (χ0v) is 11.7. The molecular formula is C12H15FN4O2S. The molecule has 1 N–H and O–H groups in total. The average Bonchev–Trinajstić information content (AvgIpc) is 2.83.